The molecule has 1 heterocycles. The van der Waals surface area contributed by atoms with Gasteiger partial charge in [-0.2, -0.15) is 0 Å². The fourth-order valence-corrected chi connectivity index (χ4v) is 2.92. The Hall–Kier alpha value is -1.31. The van der Waals surface area contributed by atoms with E-state index in [9.17, 15) is 4.79 Å². The van der Waals surface area contributed by atoms with Crippen LogP contribution in [0.4, 0.5) is 0 Å². The number of likely N-dealkylation sites (tertiary alicyclic amines) is 1. The molecule has 0 aromatic heterocycles. The number of hydrogen-bond donors (Lipinski definition) is 2. The Morgan fingerprint density at radius 1 is 1.38 bits per heavy atom. The lowest BCUT2D eigenvalue weighted by atomic mass is 10.1. The van der Waals surface area contributed by atoms with Crippen LogP contribution in [-0.2, 0) is 11.2 Å². The number of guanidine groups is 1. The fourth-order valence-electron chi connectivity index (χ4n) is 2.92. The molecule has 1 aliphatic heterocycles. The number of carbonyl (C=O) groups excluding carboxylic acids is 1. The number of nitrogens with one attached hydrogen (secondary N) is 2. The maximum absolute atomic E-state index is 11.7. The summed E-state index contributed by atoms with van der Waals surface area (Å²) in [5, 5.41) is 6.79. The Morgan fingerprint density at radius 2 is 2.12 bits per heavy atom. The third-order valence-electron chi connectivity index (χ3n) is 4.36. The third-order valence-corrected chi connectivity index (χ3v) is 4.36. The van der Waals surface area contributed by atoms with Crippen LogP contribution in [0.25, 0.3) is 0 Å². The summed E-state index contributed by atoms with van der Waals surface area (Å²) < 4.78 is 0. The van der Waals surface area contributed by atoms with Crippen molar-refractivity contribution < 1.29 is 4.79 Å². The SMILES string of the molecule is CCC(=O)N1CCC(NC(=NC)NCCc2ccccc2C)C1.I. The van der Waals surface area contributed by atoms with E-state index in [1.165, 1.54) is 11.1 Å². The van der Waals surface area contributed by atoms with E-state index in [1.807, 2.05) is 11.8 Å². The number of benzene rings is 1. The molecular weight excluding hydrogens is 415 g/mol. The molecule has 1 atom stereocenters. The van der Waals surface area contributed by atoms with Crippen molar-refractivity contribution in [3.63, 3.8) is 0 Å². The summed E-state index contributed by atoms with van der Waals surface area (Å²) in [6.07, 6.45) is 2.53. The number of carbonyl (C=O) groups is 1. The highest BCUT2D eigenvalue weighted by Gasteiger charge is 2.25. The van der Waals surface area contributed by atoms with Crippen LogP contribution >= 0.6 is 24.0 Å². The van der Waals surface area contributed by atoms with Gasteiger partial charge in [-0.1, -0.05) is 31.2 Å². The minimum atomic E-state index is 0. The van der Waals surface area contributed by atoms with E-state index in [4.69, 9.17) is 0 Å². The summed E-state index contributed by atoms with van der Waals surface area (Å²) in [4.78, 5) is 17.9. The average molecular weight is 444 g/mol. The predicted molar refractivity (Wildman–Crippen MR) is 110 cm³/mol. The van der Waals surface area contributed by atoms with Gasteiger partial charge in [0.2, 0.25) is 5.91 Å². The van der Waals surface area contributed by atoms with Crippen molar-refractivity contribution in [2.75, 3.05) is 26.7 Å². The summed E-state index contributed by atoms with van der Waals surface area (Å²) in [5.41, 5.74) is 2.68. The number of aryl methyl sites for hydroxylation is 1. The van der Waals surface area contributed by atoms with Gasteiger partial charge in [-0.3, -0.25) is 9.79 Å². The summed E-state index contributed by atoms with van der Waals surface area (Å²) in [5.74, 6) is 1.05. The van der Waals surface area contributed by atoms with Crippen LogP contribution in [0.5, 0.6) is 0 Å². The van der Waals surface area contributed by atoms with E-state index in [0.717, 1.165) is 38.4 Å². The molecule has 1 aromatic rings. The van der Waals surface area contributed by atoms with E-state index in [-0.39, 0.29) is 35.9 Å². The van der Waals surface area contributed by atoms with E-state index < -0.39 is 0 Å². The molecule has 1 saturated heterocycles. The second-order valence-corrected chi connectivity index (χ2v) is 6.00. The van der Waals surface area contributed by atoms with Crippen LogP contribution in [0.3, 0.4) is 0 Å². The molecule has 5 nitrogen and oxygen atoms in total. The average Bonchev–Trinajstić information content (AvgIpc) is 3.03. The first kappa shape index (κ1) is 20.7. The number of nitrogens with zero attached hydrogens (tertiary/aromatic N) is 2. The molecule has 0 saturated carbocycles. The molecule has 0 radical (unpaired) electrons. The first-order valence-corrected chi connectivity index (χ1v) is 8.43. The second-order valence-electron chi connectivity index (χ2n) is 6.00. The maximum Gasteiger partial charge on any atom is 0.222 e. The first-order valence-electron chi connectivity index (χ1n) is 8.43. The van der Waals surface area contributed by atoms with Crippen LogP contribution in [0.15, 0.2) is 29.3 Å². The summed E-state index contributed by atoms with van der Waals surface area (Å²) >= 11 is 0. The largest absolute Gasteiger partial charge is 0.356 e. The Bertz CT molecular complexity index is 562. The topological polar surface area (TPSA) is 56.7 Å². The van der Waals surface area contributed by atoms with Gasteiger partial charge in [0.05, 0.1) is 0 Å². The summed E-state index contributed by atoms with van der Waals surface area (Å²) in [6, 6.07) is 8.73. The molecule has 0 spiro atoms. The second kappa shape index (κ2) is 10.5. The van der Waals surface area contributed by atoms with Crippen molar-refractivity contribution in [2.24, 2.45) is 4.99 Å². The molecule has 24 heavy (non-hydrogen) atoms. The Kier molecular flexibility index (Phi) is 9.10. The fraction of sp³-hybridized carbons (Fsp3) is 0.556. The zero-order valence-electron chi connectivity index (χ0n) is 14.8. The zero-order chi connectivity index (χ0) is 16.7. The highest BCUT2D eigenvalue weighted by Crippen LogP contribution is 2.10. The van der Waals surface area contributed by atoms with Gasteiger partial charge in [0.1, 0.15) is 0 Å². The van der Waals surface area contributed by atoms with Gasteiger partial charge in [-0.05, 0) is 30.9 Å². The van der Waals surface area contributed by atoms with E-state index >= 15 is 0 Å². The van der Waals surface area contributed by atoms with Crippen LogP contribution in [0.2, 0.25) is 0 Å². The minimum Gasteiger partial charge on any atom is -0.356 e. The van der Waals surface area contributed by atoms with Gasteiger partial charge < -0.3 is 15.5 Å². The molecule has 1 aliphatic rings. The van der Waals surface area contributed by atoms with Gasteiger partial charge in [0.25, 0.3) is 0 Å². The molecule has 2 rings (SSSR count). The van der Waals surface area contributed by atoms with Gasteiger partial charge in [-0.25, -0.2) is 0 Å². The number of hydrogen-bond acceptors (Lipinski definition) is 2. The van der Waals surface area contributed by atoms with Gasteiger partial charge >= 0.3 is 0 Å². The van der Waals surface area contributed by atoms with Crippen molar-refractivity contribution in [3.8, 4) is 0 Å². The molecule has 6 heteroatoms. The smallest absolute Gasteiger partial charge is 0.222 e. The monoisotopic (exact) mass is 444 g/mol. The third kappa shape index (κ3) is 5.96. The standard InChI is InChI=1S/C18H28N4O.HI/c1-4-17(23)22-12-10-16(13-22)21-18(19-3)20-11-9-15-8-6-5-7-14(15)2;/h5-8,16H,4,9-13H2,1-3H3,(H2,19,20,21);1H. The number of halogens is 1. The van der Waals surface area contributed by atoms with Gasteiger partial charge in [0, 0.05) is 39.1 Å². The van der Waals surface area contributed by atoms with Crippen LogP contribution in [0.1, 0.15) is 30.9 Å². The molecular formula is C18H29IN4O. The van der Waals surface area contributed by atoms with Crippen molar-refractivity contribution in [3.05, 3.63) is 35.4 Å². The quantitative estimate of drug-likeness (QED) is 0.417. The van der Waals surface area contributed by atoms with E-state index in [2.05, 4.69) is 46.8 Å². The van der Waals surface area contributed by atoms with Crippen molar-refractivity contribution in [2.45, 2.75) is 39.2 Å². The molecule has 2 N–H and O–H groups in total. The highest BCUT2D eigenvalue weighted by molar-refractivity contribution is 14.0. The molecule has 0 aliphatic carbocycles. The van der Waals surface area contributed by atoms with Crippen LogP contribution in [0, 0.1) is 6.92 Å². The Labute approximate surface area is 162 Å². The summed E-state index contributed by atoms with van der Waals surface area (Å²) in [7, 11) is 1.78. The van der Waals surface area contributed by atoms with Gasteiger partial charge in [0.15, 0.2) is 5.96 Å². The molecule has 1 amide bonds. The summed E-state index contributed by atoms with van der Waals surface area (Å²) in [6.45, 7) is 6.50. The molecule has 134 valence electrons. The number of amides is 1. The molecule has 1 aromatic carbocycles. The van der Waals surface area contributed by atoms with Crippen LogP contribution in [-0.4, -0.2) is 49.5 Å². The first-order chi connectivity index (χ1) is 11.1. The van der Waals surface area contributed by atoms with E-state index in [1.54, 1.807) is 7.05 Å². The lowest BCUT2D eigenvalue weighted by Gasteiger charge is -2.19. The van der Waals surface area contributed by atoms with E-state index in [0.29, 0.717) is 6.42 Å². The molecule has 1 unspecified atom stereocenters. The normalized spacial score (nSPS) is 17.4. The van der Waals surface area contributed by atoms with Crippen LogP contribution < -0.4 is 10.6 Å². The number of rotatable bonds is 5. The number of aliphatic imine (C=N–C) groups is 1. The minimum absolute atomic E-state index is 0. The van der Waals surface area contributed by atoms with Crippen molar-refractivity contribution in [1.29, 1.82) is 0 Å². The predicted octanol–water partition coefficient (Wildman–Crippen LogP) is 2.33. The van der Waals surface area contributed by atoms with Crippen molar-refractivity contribution >= 4 is 35.8 Å². The Morgan fingerprint density at radius 3 is 2.79 bits per heavy atom. The Balaban J connectivity index is 0.00000288. The van der Waals surface area contributed by atoms with Gasteiger partial charge in [-0.15, -0.1) is 24.0 Å². The lowest BCUT2D eigenvalue weighted by Crippen LogP contribution is -2.45. The zero-order valence-corrected chi connectivity index (χ0v) is 17.2. The maximum atomic E-state index is 11.7. The highest BCUT2D eigenvalue weighted by atomic mass is 127. The molecule has 1 fully saturated rings. The molecule has 0 bridgehead atoms. The lowest BCUT2D eigenvalue weighted by molar-refractivity contribution is -0.129. The van der Waals surface area contributed by atoms with Crippen molar-refractivity contribution in [1.82, 2.24) is 15.5 Å².